The molecule has 4 heteroatoms. The summed E-state index contributed by atoms with van der Waals surface area (Å²) in [6.07, 6.45) is -0.739. The highest BCUT2D eigenvalue weighted by Gasteiger charge is 2.12. The average Bonchev–Trinajstić information content (AvgIpc) is 2.27. The molecule has 4 nitrogen and oxygen atoms in total. The maximum atomic E-state index is 10.4. The molecule has 0 aliphatic rings. The second kappa shape index (κ2) is 4.62. The van der Waals surface area contributed by atoms with E-state index >= 15 is 0 Å². The molecule has 1 atom stereocenters. The number of methoxy groups -OCH3 is 2. The number of rotatable bonds is 4. The molecule has 0 spiro atoms. The molecular formula is C10H12O4. The number of aldehydes is 1. The molecule has 0 saturated carbocycles. The van der Waals surface area contributed by atoms with E-state index in [1.807, 2.05) is 0 Å². The van der Waals surface area contributed by atoms with Crippen molar-refractivity contribution in [2.45, 2.75) is 6.10 Å². The van der Waals surface area contributed by atoms with E-state index in [9.17, 15) is 9.90 Å². The maximum absolute atomic E-state index is 10.4. The fourth-order valence-corrected chi connectivity index (χ4v) is 1.14. The van der Waals surface area contributed by atoms with Gasteiger partial charge in [-0.1, -0.05) is 0 Å². The van der Waals surface area contributed by atoms with Gasteiger partial charge in [0.1, 0.15) is 17.6 Å². The summed E-state index contributed by atoms with van der Waals surface area (Å²) in [4.78, 5) is 10.4. The van der Waals surface area contributed by atoms with Gasteiger partial charge in [0.25, 0.3) is 0 Å². The van der Waals surface area contributed by atoms with Crippen molar-refractivity contribution in [3.05, 3.63) is 23.8 Å². The third-order valence-corrected chi connectivity index (χ3v) is 1.88. The van der Waals surface area contributed by atoms with Gasteiger partial charge in [-0.15, -0.1) is 0 Å². The van der Waals surface area contributed by atoms with Crippen molar-refractivity contribution in [3.63, 3.8) is 0 Å². The van der Waals surface area contributed by atoms with E-state index in [2.05, 4.69) is 0 Å². The number of carbonyl (C=O) groups excluding carboxylic acids is 1. The normalized spacial score (nSPS) is 11.9. The van der Waals surface area contributed by atoms with Crippen LogP contribution in [0, 0.1) is 0 Å². The fraction of sp³-hybridized carbons (Fsp3) is 0.300. The summed E-state index contributed by atoms with van der Waals surface area (Å²) in [5, 5.41) is 9.36. The Kier molecular flexibility index (Phi) is 3.48. The minimum atomic E-state index is -1.18. The van der Waals surface area contributed by atoms with Crippen LogP contribution in [0.2, 0.25) is 0 Å². The van der Waals surface area contributed by atoms with Crippen molar-refractivity contribution in [2.24, 2.45) is 0 Å². The van der Waals surface area contributed by atoms with Crippen molar-refractivity contribution in [2.75, 3.05) is 14.2 Å². The number of carbonyl (C=O) groups is 1. The zero-order valence-corrected chi connectivity index (χ0v) is 8.06. The SMILES string of the molecule is COc1ccc(OC)c(C(O)C=O)c1. The van der Waals surface area contributed by atoms with Crippen molar-refractivity contribution in [1.82, 2.24) is 0 Å². The molecule has 0 amide bonds. The van der Waals surface area contributed by atoms with E-state index < -0.39 is 6.10 Å². The van der Waals surface area contributed by atoms with E-state index in [-0.39, 0.29) is 0 Å². The number of aliphatic hydroxyl groups excluding tert-OH is 1. The van der Waals surface area contributed by atoms with Crippen molar-refractivity contribution >= 4 is 6.29 Å². The molecule has 0 radical (unpaired) electrons. The lowest BCUT2D eigenvalue weighted by Gasteiger charge is -2.11. The molecule has 1 rings (SSSR count). The van der Waals surface area contributed by atoms with E-state index in [0.717, 1.165) is 0 Å². The van der Waals surface area contributed by atoms with E-state index in [0.29, 0.717) is 23.3 Å². The van der Waals surface area contributed by atoms with Gasteiger partial charge in [0.2, 0.25) is 0 Å². The average molecular weight is 196 g/mol. The molecule has 1 aromatic carbocycles. The molecule has 0 fully saturated rings. The summed E-state index contributed by atoms with van der Waals surface area (Å²) < 4.78 is 9.96. The van der Waals surface area contributed by atoms with Gasteiger partial charge >= 0.3 is 0 Å². The van der Waals surface area contributed by atoms with Gasteiger partial charge in [-0.05, 0) is 18.2 Å². The van der Waals surface area contributed by atoms with Crippen molar-refractivity contribution < 1.29 is 19.4 Å². The Morgan fingerprint density at radius 1 is 1.36 bits per heavy atom. The fourth-order valence-electron chi connectivity index (χ4n) is 1.14. The minimum Gasteiger partial charge on any atom is -0.497 e. The quantitative estimate of drug-likeness (QED) is 0.728. The standard InChI is InChI=1S/C10H12O4/c1-13-7-3-4-10(14-2)8(5-7)9(12)6-11/h3-6,9,12H,1-2H3. The zero-order chi connectivity index (χ0) is 10.6. The van der Waals surface area contributed by atoms with Crippen LogP contribution in [0.25, 0.3) is 0 Å². The molecule has 1 aromatic rings. The highest BCUT2D eigenvalue weighted by Crippen LogP contribution is 2.28. The number of hydrogen-bond acceptors (Lipinski definition) is 4. The van der Waals surface area contributed by atoms with Crippen LogP contribution in [-0.4, -0.2) is 25.6 Å². The molecule has 0 aromatic heterocycles. The molecular weight excluding hydrogens is 184 g/mol. The molecule has 0 aliphatic carbocycles. The Hall–Kier alpha value is -1.55. The lowest BCUT2D eigenvalue weighted by Crippen LogP contribution is -2.01. The molecule has 1 N–H and O–H groups in total. The number of ether oxygens (including phenoxy) is 2. The largest absolute Gasteiger partial charge is 0.497 e. The smallest absolute Gasteiger partial charge is 0.153 e. The first-order valence-corrected chi connectivity index (χ1v) is 4.08. The summed E-state index contributed by atoms with van der Waals surface area (Å²) in [7, 11) is 2.99. The Balaban J connectivity index is 3.14. The molecule has 1 unspecified atom stereocenters. The summed E-state index contributed by atoms with van der Waals surface area (Å²) in [6, 6.07) is 4.90. The topological polar surface area (TPSA) is 55.8 Å². The molecule has 0 saturated heterocycles. The first-order valence-electron chi connectivity index (χ1n) is 4.08. The van der Waals surface area contributed by atoms with Crippen LogP contribution < -0.4 is 9.47 Å². The highest BCUT2D eigenvalue weighted by atomic mass is 16.5. The Labute approximate surface area is 82.1 Å². The van der Waals surface area contributed by atoms with E-state index in [1.54, 1.807) is 18.2 Å². The Bertz CT molecular complexity index is 322. The van der Waals surface area contributed by atoms with Gasteiger partial charge in [-0.3, -0.25) is 0 Å². The van der Waals surface area contributed by atoms with Gasteiger partial charge < -0.3 is 19.4 Å². The van der Waals surface area contributed by atoms with E-state index in [4.69, 9.17) is 9.47 Å². The van der Waals surface area contributed by atoms with Gasteiger partial charge in [-0.2, -0.15) is 0 Å². The monoisotopic (exact) mass is 196 g/mol. The van der Waals surface area contributed by atoms with Crippen molar-refractivity contribution in [3.8, 4) is 11.5 Å². The summed E-state index contributed by atoms with van der Waals surface area (Å²) >= 11 is 0. The zero-order valence-electron chi connectivity index (χ0n) is 8.06. The molecule has 14 heavy (non-hydrogen) atoms. The minimum absolute atomic E-state index is 0.404. The Morgan fingerprint density at radius 3 is 2.57 bits per heavy atom. The summed E-state index contributed by atoms with van der Waals surface area (Å²) in [5.41, 5.74) is 0.404. The molecule has 0 bridgehead atoms. The molecule has 76 valence electrons. The maximum Gasteiger partial charge on any atom is 0.153 e. The number of aliphatic hydroxyl groups is 1. The van der Waals surface area contributed by atoms with Crippen LogP contribution >= 0.6 is 0 Å². The van der Waals surface area contributed by atoms with E-state index in [1.165, 1.54) is 14.2 Å². The number of benzene rings is 1. The van der Waals surface area contributed by atoms with Crippen LogP contribution in [0.1, 0.15) is 11.7 Å². The summed E-state index contributed by atoms with van der Waals surface area (Å²) in [6.45, 7) is 0. The van der Waals surface area contributed by atoms with Crippen LogP contribution in [0.5, 0.6) is 11.5 Å². The third-order valence-electron chi connectivity index (χ3n) is 1.88. The van der Waals surface area contributed by atoms with Gasteiger partial charge in [0.15, 0.2) is 6.29 Å². The van der Waals surface area contributed by atoms with Crippen molar-refractivity contribution in [1.29, 1.82) is 0 Å². The van der Waals surface area contributed by atoms with Gasteiger partial charge in [0.05, 0.1) is 14.2 Å². The first-order chi connectivity index (χ1) is 6.72. The van der Waals surface area contributed by atoms with Gasteiger partial charge in [-0.25, -0.2) is 0 Å². The van der Waals surface area contributed by atoms with Crippen LogP contribution in [0.3, 0.4) is 0 Å². The first kappa shape index (κ1) is 10.5. The number of hydrogen-bond donors (Lipinski definition) is 1. The third kappa shape index (κ3) is 2.03. The van der Waals surface area contributed by atoms with Crippen LogP contribution in [0.4, 0.5) is 0 Å². The predicted molar refractivity (Wildman–Crippen MR) is 50.6 cm³/mol. The molecule has 0 aliphatic heterocycles. The summed E-state index contributed by atoms with van der Waals surface area (Å²) in [5.74, 6) is 1.03. The lowest BCUT2D eigenvalue weighted by molar-refractivity contribution is -0.115. The molecule has 0 heterocycles. The predicted octanol–water partition coefficient (Wildman–Crippen LogP) is 0.936. The second-order valence-electron chi connectivity index (χ2n) is 2.69. The highest BCUT2D eigenvalue weighted by molar-refractivity contribution is 5.62. The van der Waals surface area contributed by atoms with Crippen LogP contribution in [0.15, 0.2) is 18.2 Å². The second-order valence-corrected chi connectivity index (χ2v) is 2.69. The van der Waals surface area contributed by atoms with Gasteiger partial charge in [0, 0.05) is 5.56 Å². The lowest BCUT2D eigenvalue weighted by atomic mass is 10.1. The van der Waals surface area contributed by atoms with Crippen LogP contribution in [-0.2, 0) is 4.79 Å². The Morgan fingerprint density at radius 2 is 2.07 bits per heavy atom.